The second-order valence-electron chi connectivity index (χ2n) is 3.76. The van der Waals surface area contributed by atoms with Crippen molar-refractivity contribution in [3.05, 3.63) is 34.9 Å². The lowest BCUT2D eigenvalue weighted by atomic mass is 10.2. The predicted molar refractivity (Wildman–Crippen MR) is 66.6 cm³/mol. The summed E-state index contributed by atoms with van der Waals surface area (Å²) in [5.41, 5.74) is 1.03. The van der Waals surface area contributed by atoms with E-state index in [1.807, 2.05) is 38.1 Å². The molecule has 2 N–H and O–H groups in total. The number of rotatable bonds is 4. The Hall–Kier alpha value is -1.22. The number of amides is 2. The van der Waals surface area contributed by atoms with Gasteiger partial charge in [0.2, 0.25) is 0 Å². The van der Waals surface area contributed by atoms with E-state index in [2.05, 4.69) is 10.6 Å². The highest BCUT2D eigenvalue weighted by atomic mass is 35.5. The highest BCUT2D eigenvalue weighted by Gasteiger charge is 2.03. The van der Waals surface area contributed by atoms with Crippen LogP contribution >= 0.6 is 11.6 Å². The quantitative estimate of drug-likeness (QED) is 0.835. The summed E-state index contributed by atoms with van der Waals surface area (Å²) in [4.78, 5) is 11.4. The second kappa shape index (κ2) is 6.38. The molecule has 0 bridgehead atoms. The van der Waals surface area contributed by atoms with Gasteiger partial charge in [-0.1, -0.05) is 30.7 Å². The van der Waals surface area contributed by atoms with Gasteiger partial charge in [0.25, 0.3) is 0 Å². The molecule has 0 aliphatic carbocycles. The Morgan fingerprint density at radius 2 is 2.00 bits per heavy atom. The van der Waals surface area contributed by atoms with Crippen molar-refractivity contribution in [1.29, 1.82) is 0 Å². The van der Waals surface area contributed by atoms with Crippen molar-refractivity contribution >= 4 is 17.6 Å². The number of halogens is 1. The maximum Gasteiger partial charge on any atom is 0.315 e. The van der Waals surface area contributed by atoms with Gasteiger partial charge >= 0.3 is 6.03 Å². The fourth-order valence-electron chi connectivity index (χ4n) is 1.16. The lowest BCUT2D eigenvalue weighted by Gasteiger charge is -2.12. The van der Waals surface area contributed by atoms with E-state index in [1.54, 1.807) is 0 Å². The zero-order valence-corrected chi connectivity index (χ0v) is 10.3. The Morgan fingerprint density at radius 3 is 2.56 bits per heavy atom. The van der Waals surface area contributed by atoms with Gasteiger partial charge in [-0.05, 0) is 31.0 Å². The first-order valence-corrected chi connectivity index (χ1v) is 5.78. The Bertz CT molecular complexity index is 337. The average Bonchev–Trinajstić information content (AvgIpc) is 2.28. The van der Waals surface area contributed by atoms with Gasteiger partial charge in [-0.2, -0.15) is 0 Å². The van der Waals surface area contributed by atoms with Gasteiger partial charge in [0.15, 0.2) is 0 Å². The minimum atomic E-state index is -0.135. The molecule has 88 valence electrons. The zero-order chi connectivity index (χ0) is 12.0. The van der Waals surface area contributed by atoms with Gasteiger partial charge in [-0.3, -0.25) is 0 Å². The smallest absolute Gasteiger partial charge is 0.315 e. The van der Waals surface area contributed by atoms with Crippen LogP contribution in [0.15, 0.2) is 24.3 Å². The fourth-order valence-corrected chi connectivity index (χ4v) is 1.29. The summed E-state index contributed by atoms with van der Waals surface area (Å²) < 4.78 is 0. The molecule has 1 rings (SSSR count). The molecule has 1 atom stereocenters. The van der Waals surface area contributed by atoms with Crippen molar-refractivity contribution < 1.29 is 4.79 Å². The largest absolute Gasteiger partial charge is 0.336 e. The molecule has 0 aliphatic rings. The molecule has 0 saturated carbocycles. The van der Waals surface area contributed by atoms with E-state index in [9.17, 15) is 4.79 Å². The first kappa shape index (κ1) is 12.8. The van der Waals surface area contributed by atoms with Crippen molar-refractivity contribution in [2.45, 2.75) is 32.9 Å². The van der Waals surface area contributed by atoms with E-state index in [0.717, 1.165) is 12.0 Å². The maximum atomic E-state index is 11.4. The Balaban J connectivity index is 2.34. The molecule has 16 heavy (non-hydrogen) atoms. The maximum absolute atomic E-state index is 11.4. The fraction of sp³-hybridized carbons (Fsp3) is 0.417. The molecule has 0 saturated heterocycles. The van der Waals surface area contributed by atoms with Crippen LogP contribution in [0, 0.1) is 0 Å². The summed E-state index contributed by atoms with van der Waals surface area (Å²) in [7, 11) is 0. The van der Waals surface area contributed by atoms with Crippen molar-refractivity contribution in [2.24, 2.45) is 0 Å². The molecule has 3 nitrogen and oxygen atoms in total. The van der Waals surface area contributed by atoms with Gasteiger partial charge in [0.05, 0.1) is 0 Å². The van der Waals surface area contributed by atoms with Crippen LogP contribution in [0.1, 0.15) is 25.8 Å². The number of carbonyl (C=O) groups is 1. The molecule has 2 amide bonds. The number of urea groups is 1. The summed E-state index contributed by atoms with van der Waals surface area (Å²) in [6, 6.07) is 7.48. The van der Waals surface area contributed by atoms with Gasteiger partial charge < -0.3 is 10.6 Å². The topological polar surface area (TPSA) is 41.1 Å². The van der Waals surface area contributed by atoms with E-state index in [1.165, 1.54) is 0 Å². The normalized spacial score (nSPS) is 11.9. The molecule has 0 aromatic heterocycles. The van der Waals surface area contributed by atoms with Gasteiger partial charge in [0.1, 0.15) is 0 Å². The third-order valence-electron chi connectivity index (χ3n) is 2.36. The number of benzene rings is 1. The summed E-state index contributed by atoms with van der Waals surface area (Å²) >= 11 is 5.76. The van der Waals surface area contributed by atoms with Crippen molar-refractivity contribution in [1.82, 2.24) is 10.6 Å². The van der Waals surface area contributed by atoms with Gasteiger partial charge in [0, 0.05) is 17.6 Å². The molecule has 1 unspecified atom stereocenters. The summed E-state index contributed by atoms with van der Waals surface area (Å²) in [5, 5.41) is 6.33. The molecule has 1 aromatic rings. The van der Waals surface area contributed by atoms with Crippen molar-refractivity contribution in [2.75, 3.05) is 0 Å². The van der Waals surface area contributed by atoms with Crippen LogP contribution < -0.4 is 10.6 Å². The Labute approximate surface area is 101 Å². The second-order valence-corrected chi connectivity index (χ2v) is 4.20. The number of hydrogen-bond donors (Lipinski definition) is 2. The van der Waals surface area contributed by atoms with E-state index < -0.39 is 0 Å². The standard InChI is InChI=1S/C12H17ClN2O/c1-3-9(2)15-12(16)14-8-10-4-6-11(13)7-5-10/h4-7,9H,3,8H2,1-2H3,(H2,14,15,16). The third kappa shape index (κ3) is 4.53. The number of carbonyl (C=O) groups excluding carboxylic acids is 1. The molecule has 0 fully saturated rings. The zero-order valence-electron chi connectivity index (χ0n) is 9.59. The van der Waals surface area contributed by atoms with E-state index in [-0.39, 0.29) is 12.1 Å². The average molecular weight is 241 g/mol. The summed E-state index contributed by atoms with van der Waals surface area (Å²) in [5.74, 6) is 0. The summed E-state index contributed by atoms with van der Waals surface area (Å²) in [6.07, 6.45) is 0.925. The van der Waals surface area contributed by atoms with Crippen molar-refractivity contribution in [3.63, 3.8) is 0 Å². The number of nitrogens with one attached hydrogen (secondary N) is 2. The molecule has 0 spiro atoms. The first-order valence-electron chi connectivity index (χ1n) is 5.40. The van der Waals surface area contributed by atoms with E-state index in [4.69, 9.17) is 11.6 Å². The summed E-state index contributed by atoms with van der Waals surface area (Å²) in [6.45, 7) is 4.52. The lowest BCUT2D eigenvalue weighted by molar-refractivity contribution is 0.237. The third-order valence-corrected chi connectivity index (χ3v) is 2.61. The first-order chi connectivity index (χ1) is 7.61. The van der Waals surface area contributed by atoms with Crippen LogP contribution in [-0.2, 0) is 6.54 Å². The molecule has 1 aromatic carbocycles. The van der Waals surface area contributed by atoms with Crippen LogP contribution in [0.3, 0.4) is 0 Å². The Morgan fingerprint density at radius 1 is 1.38 bits per heavy atom. The molecule has 0 aliphatic heterocycles. The molecule has 0 heterocycles. The SMILES string of the molecule is CCC(C)NC(=O)NCc1ccc(Cl)cc1. The number of hydrogen-bond acceptors (Lipinski definition) is 1. The van der Waals surface area contributed by atoms with E-state index in [0.29, 0.717) is 11.6 Å². The van der Waals surface area contributed by atoms with Crippen LogP contribution in [0.2, 0.25) is 5.02 Å². The minimum Gasteiger partial charge on any atom is -0.336 e. The highest BCUT2D eigenvalue weighted by molar-refractivity contribution is 6.30. The molecular weight excluding hydrogens is 224 g/mol. The van der Waals surface area contributed by atoms with Gasteiger partial charge in [-0.15, -0.1) is 0 Å². The highest BCUT2D eigenvalue weighted by Crippen LogP contribution is 2.08. The molecular formula is C12H17ClN2O. The monoisotopic (exact) mass is 240 g/mol. The molecule has 4 heteroatoms. The minimum absolute atomic E-state index is 0.135. The van der Waals surface area contributed by atoms with E-state index >= 15 is 0 Å². The lowest BCUT2D eigenvalue weighted by Crippen LogP contribution is -2.40. The van der Waals surface area contributed by atoms with Crippen LogP contribution in [-0.4, -0.2) is 12.1 Å². The predicted octanol–water partition coefficient (Wildman–Crippen LogP) is 2.94. The van der Waals surface area contributed by atoms with Crippen LogP contribution in [0.4, 0.5) is 4.79 Å². The Kier molecular flexibility index (Phi) is 5.12. The van der Waals surface area contributed by atoms with Crippen molar-refractivity contribution in [3.8, 4) is 0 Å². The van der Waals surface area contributed by atoms with Gasteiger partial charge in [-0.25, -0.2) is 4.79 Å². The van der Waals surface area contributed by atoms with Crippen LogP contribution in [0.25, 0.3) is 0 Å². The molecule has 0 radical (unpaired) electrons. The van der Waals surface area contributed by atoms with Crippen LogP contribution in [0.5, 0.6) is 0 Å².